The molecule has 0 aromatic heterocycles. The summed E-state index contributed by atoms with van der Waals surface area (Å²) in [5.74, 6) is -3.39. The van der Waals surface area contributed by atoms with Crippen LogP contribution in [0, 0.1) is 0 Å². The Morgan fingerprint density at radius 1 is 1.00 bits per heavy atom. The second kappa shape index (κ2) is 14.9. The molecule has 0 heterocycles. The summed E-state index contributed by atoms with van der Waals surface area (Å²) in [6.07, 6.45) is 1.95. The topological polar surface area (TPSA) is 194 Å². The van der Waals surface area contributed by atoms with E-state index in [4.69, 9.17) is 11.5 Å². The molecule has 0 saturated heterocycles. The molecule has 0 aliphatic rings. The molecule has 12 heteroatoms. The Morgan fingerprint density at radius 3 is 2.24 bits per heavy atom. The van der Waals surface area contributed by atoms with E-state index in [2.05, 4.69) is 16.0 Å². The van der Waals surface area contributed by atoms with Gasteiger partial charge >= 0.3 is 5.97 Å². The fourth-order valence-corrected chi connectivity index (χ4v) is 3.30. The quantitative estimate of drug-likeness (QED) is 0.179. The van der Waals surface area contributed by atoms with Gasteiger partial charge in [-0.05, 0) is 36.8 Å². The number of nitrogens with two attached hydrogens (primary N) is 2. The first-order chi connectivity index (χ1) is 15.6. The van der Waals surface area contributed by atoms with E-state index >= 15 is 0 Å². The number of amides is 4. The second-order valence-electron chi connectivity index (χ2n) is 7.32. The summed E-state index contributed by atoms with van der Waals surface area (Å²) >= 11 is 1.42. The van der Waals surface area contributed by atoms with Crippen molar-refractivity contribution in [1.29, 1.82) is 0 Å². The van der Waals surface area contributed by atoms with Crippen molar-refractivity contribution in [3.05, 3.63) is 35.9 Å². The lowest BCUT2D eigenvalue weighted by molar-refractivity contribution is -0.142. The standard InChI is InChI=1S/C21H31N5O6S/c1-33-10-9-16(21(31)32)26-20(30)15(7-8-17(23)27)25-18(28)12-24-19(29)14(22)11-13-5-3-2-4-6-13/h2-6,14-16H,7-12,22H2,1H3,(H2,23,27)(H,24,29)(H,25,28)(H,26,30)(H,31,32). The highest BCUT2D eigenvalue weighted by atomic mass is 32.2. The molecule has 1 aromatic rings. The summed E-state index contributed by atoms with van der Waals surface area (Å²) in [7, 11) is 0. The van der Waals surface area contributed by atoms with Crippen molar-refractivity contribution in [2.75, 3.05) is 18.6 Å². The molecule has 3 unspecified atom stereocenters. The van der Waals surface area contributed by atoms with Crippen molar-refractivity contribution in [3.63, 3.8) is 0 Å². The van der Waals surface area contributed by atoms with Crippen molar-refractivity contribution in [2.24, 2.45) is 11.5 Å². The first kappa shape index (κ1) is 27.9. The fourth-order valence-electron chi connectivity index (χ4n) is 2.83. The molecule has 0 radical (unpaired) electrons. The molecule has 0 aliphatic heterocycles. The number of aliphatic carboxylic acids is 1. The molecule has 0 bridgehead atoms. The average molecular weight is 482 g/mol. The highest BCUT2D eigenvalue weighted by Crippen LogP contribution is 2.04. The van der Waals surface area contributed by atoms with Crippen LogP contribution in [-0.4, -0.2) is 71.4 Å². The number of carboxylic acid groups (broad SMARTS) is 1. The molecular weight excluding hydrogens is 450 g/mol. The number of carbonyl (C=O) groups excluding carboxylic acids is 4. The van der Waals surface area contributed by atoms with Crippen LogP contribution in [0.25, 0.3) is 0 Å². The van der Waals surface area contributed by atoms with Gasteiger partial charge in [0.15, 0.2) is 0 Å². The maximum atomic E-state index is 12.6. The average Bonchev–Trinajstić information content (AvgIpc) is 2.77. The molecule has 8 N–H and O–H groups in total. The number of carbonyl (C=O) groups is 5. The van der Waals surface area contributed by atoms with Crippen LogP contribution in [0.5, 0.6) is 0 Å². The highest BCUT2D eigenvalue weighted by Gasteiger charge is 2.27. The van der Waals surface area contributed by atoms with E-state index in [9.17, 15) is 29.1 Å². The van der Waals surface area contributed by atoms with Crippen molar-refractivity contribution in [2.45, 2.75) is 43.8 Å². The molecule has 4 amide bonds. The first-order valence-electron chi connectivity index (χ1n) is 10.3. The Balaban J connectivity index is 2.65. The number of primary amides is 1. The molecule has 0 spiro atoms. The zero-order chi connectivity index (χ0) is 24.8. The third-order valence-corrected chi connectivity index (χ3v) is 5.26. The van der Waals surface area contributed by atoms with Crippen LogP contribution < -0.4 is 27.4 Å². The van der Waals surface area contributed by atoms with Crippen LogP contribution in [-0.2, 0) is 30.4 Å². The summed E-state index contributed by atoms with van der Waals surface area (Å²) in [6.45, 7) is -0.448. The third kappa shape index (κ3) is 11.3. The lowest BCUT2D eigenvalue weighted by Crippen LogP contribution is -2.54. The van der Waals surface area contributed by atoms with Crippen LogP contribution in [0.15, 0.2) is 30.3 Å². The number of rotatable bonds is 15. The van der Waals surface area contributed by atoms with Gasteiger partial charge in [0, 0.05) is 6.42 Å². The van der Waals surface area contributed by atoms with Crippen molar-refractivity contribution < 1.29 is 29.1 Å². The zero-order valence-corrected chi connectivity index (χ0v) is 19.2. The molecule has 11 nitrogen and oxygen atoms in total. The second-order valence-corrected chi connectivity index (χ2v) is 8.31. The Labute approximate surface area is 196 Å². The minimum Gasteiger partial charge on any atom is -0.480 e. The molecule has 0 fully saturated rings. The van der Waals surface area contributed by atoms with Crippen LogP contribution in [0.2, 0.25) is 0 Å². The van der Waals surface area contributed by atoms with E-state index in [0.717, 1.165) is 5.56 Å². The van der Waals surface area contributed by atoms with E-state index in [0.29, 0.717) is 5.75 Å². The van der Waals surface area contributed by atoms with E-state index in [-0.39, 0.29) is 25.7 Å². The summed E-state index contributed by atoms with van der Waals surface area (Å²) in [5, 5.41) is 16.5. The van der Waals surface area contributed by atoms with E-state index in [1.54, 1.807) is 6.26 Å². The summed E-state index contributed by atoms with van der Waals surface area (Å²) < 4.78 is 0. The van der Waals surface area contributed by atoms with E-state index in [1.807, 2.05) is 30.3 Å². The smallest absolute Gasteiger partial charge is 0.326 e. The number of hydrogen-bond acceptors (Lipinski definition) is 7. The van der Waals surface area contributed by atoms with Gasteiger partial charge in [-0.15, -0.1) is 0 Å². The van der Waals surface area contributed by atoms with Gasteiger partial charge in [-0.2, -0.15) is 11.8 Å². The molecule has 0 saturated carbocycles. The number of hydrogen-bond donors (Lipinski definition) is 6. The Hall–Kier alpha value is -3.12. The number of benzene rings is 1. The molecule has 1 aromatic carbocycles. The van der Waals surface area contributed by atoms with Gasteiger partial charge < -0.3 is 32.5 Å². The van der Waals surface area contributed by atoms with Gasteiger partial charge in [0.1, 0.15) is 12.1 Å². The fraction of sp³-hybridized carbons (Fsp3) is 0.476. The molecule has 182 valence electrons. The Kier molecular flexibility index (Phi) is 12.6. The van der Waals surface area contributed by atoms with Gasteiger partial charge in [-0.1, -0.05) is 30.3 Å². The molecule has 3 atom stereocenters. The van der Waals surface area contributed by atoms with Crippen LogP contribution in [0.4, 0.5) is 0 Å². The maximum Gasteiger partial charge on any atom is 0.326 e. The minimum atomic E-state index is -1.21. The van der Waals surface area contributed by atoms with Gasteiger partial charge in [0.2, 0.25) is 23.6 Å². The van der Waals surface area contributed by atoms with Gasteiger partial charge in [0.25, 0.3) is 0 Å². The van der Waals surface area contributed by atoms with Crippen LogP contribution in [0.3, 0.4) is 0 Å². The normalized spacial score (nSPS) is 13.3. The first-order valence-corrected chi connectivity index (χ1v) is 11.7. The van der Waals surface area contributed by atoms with Crippen molar-refractivity contribution in [1.82, 2.24) is 16.0 Å². The van der Waals surface area contributed by atoms with Crippen LogP contribution >= 0.6 is 11.8 Å². The van der Waals surface area contributed by atoms with Crippen molar-refractivity contribution in [3.8, 4) is 0 Å². The number of thioether (sulfide) groups is 1. The Bertz CT molecular complexity index is 823. The van der Waals surface area contributed by atoms with Gasteiger partial charge in [0.05, 0.1) is 12.6 Å². The Morgan fingerprint density at radius 2 is 1.67 bits per heavy atom. The predicted octanol–water partition coefficient (Wildman–Crippen LogP) is -1.25. The monoisotopic (exact) mass is 481 g/mol. The van der Waals surface area contributed by atoms with Gasteiger partial charge in [-0.25, -0.2) is 4.79 Å². The maximum absolute atomic E-state index is 12.6. The van der Waals surface area contributed by atoms with Crippen LogP contribution in [0.1, 0.15) is 24.8 Å². The molecular formula is C21H31N5O6S. The summed E-state index contributed by atoms with van der Waals surface area (Å²) in [6, 6.07) is 5.91. The number of carboxylic acids is 1. The zero-order valence-electron chi connectivity index (χ0n) is 18.4. The lowest BCUT2D eigenvalue weighted by atomic mass is 10.1. The summed E-state index contributed by atoms with van der Waals surface area (Å²) in [4.78, 5) is 59.6. The molecule has 1 rings (SSSR count). The molecule has 33 heavy (non-hydrogen) atoms. The molecule has 0 aliphatic carbocycles. The highest BCUT2D eigenvalue weighted by molar-refractivity contribution is 7.98. The largest absolute Gasteiger partial charge is 0.480 e. The third-order valence-electron chi connectivity index (χ3n) is 4.61. The summed E-state index contributed by atoms with van der Waals surface area (Å²) in [5.41, 5.74) is 11.9. The number of nitrogens with one attached hydrogen (secondary N) is 3. The SMILES string of the molecule is CSCCC(NC(=O)C(CCC(N)=O)NC(=O)CNC(=O)C(N)Cc1ccccc1)C(=O)O. The minimum absolute atomic E-state index is 0.122. The lowest BCUT2D eigenvalue weighted by Gasteiger charge is -2.21. The predicted molar refractivity (Wildman–Crippen MR) is 124 cm³/mol. The van der Waals surface area contributed by atoms with E-state index < -0.39 is 54.3 Å². The van der Waals surface area contributed by atoms with Crippen molar-refractivity contribution >= 4 is 41.4 Å². The van der Waals surface area contributed by atoms with Gasteiger partial charge in [-0.3, -0.25) is 19.2 Å². The van der Waals surface area contributed by atoms with E-state index in [1.165, 1.54) is 11.8 Å².